The summed E-state index contributed by atoms with van der Waals surface area (Å²) in [5.74, 6) is 0.645. The summed E-state index contributed by atoms with van der Waals surface area (Å²) < 4.78 is 1.84. The van der Waals surface area contributed by atoms with Gasteiger partial charge in [0.2, 0.25) is 5.91 Å². The van der Waals surface area contributed by atoms with Gasteiger partial charge >= 0.3 is 0 Å². The molecule has 4 rings (SSSR count). The van der Waals surface area contributed by atoms with E-state index in [9.17, 15) is 4.79 Å². The highest BCUT2D eigenvalue weighted by Crippen LogP contribution is 2.38. The molecule has 0 spiro atoms. The summed E-state index contributed by atoms with van der Waals surface area (Å²) in [6, 6.07) is 17.5. The number of carbonyl (C=O) groups is 1. The number of fused-ring (bicyclic) bond motifs is 1. The maximum absolute atomic E-state index is 12.2. The molecule has 0 bridgehead atoms. The number of aromatic nitrogens is 2. The van der Waals surface area contributed by atoms with E-state index < -0.39 is 0 Å². The van der Waals surface area contributed by atoms with Gasteiger partial charge < -0.3 is 5.32 Å². The highest BCUT2D eigenvalue weighted by Gasteiger charge is 2.31. The number of carbonyl (C=O) groups excluding carboxylic acids is 1. The molecule has 1 N–H and O–H groups in total. The molecule has 0 fully saturated rings. The summed E-state index contributed by atoms with van der Waals surface area (Å²) in [4.78, 5) is 16.7. The lowest BCUT2D eigenvalue weighted by Gasteiger charge is -2.23. The smallest absolute Gasteiger partial charge is 0.226 e. The van der Waals surface area contributed by atoms with Gasteiger partial charge in [0.25, 0.3) is 0 Å². The third-order valence-corrected chi connectivity index (χ3v) is 4.41. The highest BCUT2D eigenvalue weighted by atomic mass is 35.5. The van der Waals surface area contributed by atoms with Gasteiger partial charge in [-0.25, -0.2) is 4.98 Å². The van der Waals surface area contributed by atoms with E-state index >= 15 is 0 Å². The minimum atomic E-state index is -0.0383. The first-order chi connectivity index (χ1) is 11.2. The van der Waals surface area contributed by atoms with Crippen molar-refractivity contribution in [1.82, 2.24) is 9.55 Å². The average molecular weight is 324 g/mol. The van der Waals surface area contributed by atoms with Crippen LogP contribution in [0.15, 0.2) is 60.9 Å². The van der Waals surface area contributed by atoms with Gasteiger partial charge in [-0.1, -0.05) is 54.1 Å². The Hall–Kier alpha value is -2.59. The van der Waals surface area contributed by atoms with Crippen molar-refractivity contribution in [3.63, 3.8) is 0 Å². The Labute approximate surface area is 138 Å². The van der Waals surface area contributed by atoms with Crippen LogP contribution in [0, 0.1) is 0 Å². The van der Waals surface area contributed by atoms with Crippen molar-refractivity contribution in [2.75, 3.05) is 5.32 Å². The zero-order chi connectivity index (χ0) is 15.8. The molecule has 23 heavy (non-hydrogen) atoms. The van der Waals surface area contributed by atoms with Crippen molar-refractivity contribution in [3.8, 4) is 5.69 Å². The average Bonchev–Trinajstić information content (AvgIpc) is 2.99. The van der Waals surface area contributed by atoms with Crippen LogP contribution in [-0.4, -0.2) is 15.5 Å². The SMILES string of the molecule is O=C1C[C@@H](c2ccccc2)c2ncn(-c3ccccc3Cl)c2N1. The Kier molecular flexibility index (Phi) is 3.39. The summed E-state index contributed by atoms with van der Waals surface area (Å²) in [7, 11) is 0. The van der Waals surface area contributed by atoms with Crippen LogP contribution in [0.2, 0.25) is 5.02 Å². The fourth-order valence-electron chi connectivity index (χ4n) is 3.00. The van der Waals surface area contributed by atoms with Crippen molar-refractivity contribution in [2.24, 2.45) is 0 Å². The molecule has 0 radical (unpaired) electrons. The normalized spacial score (nSPS) is 16.7. The third kappa shape index (κ3) is 2.41. The molecule has 0 saturated heterocycles. The largest absolute Gasteiger partial charge is 0.310 e. The lowest BCUT2D eigenvalue weighted by Crippen LogP contribution is -2.24. The Balaban J connectivity index is 1.85. The molecule has 4 nitrogen and oxygen atoms in total. The maximum Gasteiger partial charge on any atom is 0.226 e. The van der Waals surface area contributed by atoms with Crippen LogP contribution in [0.5, 0.6) is 0 Å². The molecule has 1 aromatic heterocycles. The van der Waals surface area contributed by atoms with Gasteiger partial charge in [0.1, 0.15) is 12.1 Å². The second kappa shape index (κ2) is 5.56. The van der Waals surface area contributed by atoms with Crippen molar-refractivity contribution in [1.29, 1.82) is 0 Å². The third-order valence-electron chi connectivity index (χ3n) is 4.09. The van der Waals surface area contributed by atoms with Crippen molar-refractivity contribution in [2.45, 2.75) is 12.3 Å². The van der Waals surface area contributed by atoms with Crippen LogP contribution in [-0.2, 0) is 4.79 Å². The van der Waals surface area contributed by atoms with E-state index in [1.165, 1.54) is 0 Å². The maximum atomic E-state index is 12.2. The minimum absolute atomic E-state index is 0.0137. The summed E-state index contributed by atoms with van der Waals surface area (Å²) >= 11 is 6.29. The predicted octanol–water partition coefficient (Wildman–Crippen LogP) is 4.00. The molecule has 3 aromatic rings. The molecule has 0 aliphatic carbocycles. The molecular weight excluding hydrogens is 310 g/mol. The second-order valence-electron chi connectivity index (χ2n) is 5.52. The standard InChI is InChI=1S/C18H14ClN3O/c19-14-8-4-5-9-15(14)22-11-20-17-13(10-16(23)21-18(17)22)12-6-2-1-3-7-12/h1-9,11,13H,10H2,(H,21,23)/t13-/m0/s1. The Morgan fingerprint density at radius 1 is 1.09 bits per heavy atom. The number of hydrogen-bond acceptors (Lipinski definition) is 2. The Morgan fingerprint density at radius 3 is 2.61 bits per heavy atom. The van der Waals surface area contributed by atoms with Crippen molar-refractivity contribution >= 4 is 23.3 Å². The molecule has 0 unspecified atom stereocenters. The lowest BCUT2D eigenvalue weighted by atomic mass is 9.90. The first kappa shape index (κ1) is 14.0. The second-order valence-corrected chi connectivity index (χ2v) is 5.92. The van der Waals surface area contributed by atoms with Crippen LogP contribution in [0.4, 0.5) is 5.82 Å². The van der Waals surface area contributed by atoms with Crippen molar-refractivity contribution < 1.29 is 4.79 Å². The predicted molar refractivity (Wildman–Crippen MR) is 90.1 cm³/mol. The van der Waals surface area contributed by atoms with Gasteiger partial charge in [0.15, 0.2) is 0 Å². The topological polar surface area (TPSA) is 46.9 Å². The van der Waals surface area contributed by atoms with Crippen LogP contribution in [0.25, 0.3) is 5.69 Å². The number of para-hydroxylation sites is 1. The molecule has 1 aliphatic rings. The number of benzene rings is 2. The first-order valence-electron chi connectivity index (χ1n) is 7.41. The number of hydrogen-bond donors (Lipinski definition) is 1. The lowest BCUT2D eigenvalue weighted by molar-refractivity contribution is -0.116. The van der Waals surface area contributed by atoms with Gasteiger partial charge in [0.05, 0.1) is 16.4 Å². The van der Waals surface area contributed by atoms with E-state index in [0.717, 1.165) is 16.9 Å². The summed E-state index contributed by atoms with van der Waals surface area (Å²) in [5.41, 5.74) is 2.76. The summed E-state index contributed by atoms with van der Waals surface area (Å²) in [6.45, 7) is 0. The van der Waals surface area contributed by atoms with E-state index in [1.807, 2.05) is 59.2 Å². The Morgan fingerprint density at radius 2 is 1.83 bits per heavy atom. The number of rotatable bonds is 2. The summed E-state index contributed by atoms with van der Waals surface area (Å²) in [6.07, 6.45) is 2.12. The zero-order valence-corrected chi connectivity index (χ0v) is 13.0. The monoisotopic (exact) mass is 323 g/mol. The van der Waals surface area contributed by atoms with E-state index in [2.05, 4.69) is 10.3 Å². The van der Waals surface area contributed by atoms with E-state index in [-0.39, 0.29) is 11.8 Å². The van der Waals surface area contributed by atoms with E-state index in [0.29, 0.717) is 17.3 Å². The van der Waals surface area contributed by atoms with Gasteiger partial charge in [-0.2, -0.15) is 0 Å². The molecule has 1 amide bonds. The van der Waals surface area contributed by atoms with Gasteiger partial charge in [0, 0.05) is 12.3 Å². The highest BCUT2D eigenvalue weighted by molar-refractivity contribution is 6.32. The molecule has 5 heteroatoms. The molecule has 114 valence electrons. The van der Waals surface area contributed by atoms with Crippen molar-refractivity contribution in [3.05, 3.63) is 77.2 Å². The quantitative estimate of drug-likeness (QED) is 0.775. The number of halogens is 1. The van der Waals surface area contributed by atoms with Gasteiger partial charge in [-0.3, -0.25) is 9.36 Å². The molecule has 2 aromatic carbocycles. The minimum Gasteiger partial charge on any atom is -0.310 e. The molecular formula is C18H14ClN3O. The van der Waals surface area contributed by atoms with Crippen LogP contribution in [0.1, 0.15) is 23.6 Å². The number of nitrogens with zero attached hydrogens (tertiary/aromatic N) is 2. The molecule has 1 atom stereocenters. The molecule has 0 saturated carbocycles. The fraction of sp³-hybridized carbons (Fsp3) is 0.111. The Bertz CT molecular complexity index is 873. The van der Waals surface area contributed by atoms with Gasteiger partial charge in [-0.15, -0.1) is 0 Å². The summed E-state index contributed by atoms with van der Waals surface area (Å²) in [5, 5.41) is 3.55. The number of nitrogens with one attached hydrogen (secondary N) is 1. The number of amides is 1. The zero-order valence-electron chi connectivity index (χ0n) is 12.2. The van der Waals surface area contributed by atoms with E-state index in [1.54, 1.807) is 6.33 Å². The van der Waals surface area contributed by atoms with E-state index in [4.69, 9.17) is 11.6 Å². The number of imidazole rings is 1. The molecule has 2 heterocycles. The van der Waals surface area contributed by atoms with Crippen LogP contribution >= 0.6 is 11.6 Å². The molecule has 1 aliphatic heterocycles. The first-order valence-corrected chi connectivity index (χ1v) is 7.79. The van der Waals surface area contributed by atoms with Crippen LogP contribution < -0.4 is 5.32 Å². The van der Waals surface area contributed by atoms with Gasteiger partial charge in [-0.05, 0) is 17.7 Å². The fourth-order valence-corrected chi connectivity index (χ4v) is 3.22. The number of anilines is 1. The van der Waals surface area contributed by atoms with Crippen LogP contribution in [0.3, 0.4) is 0 Å².